The van der Waals surface area contributed by atoms with Crippen LogP contribution >= 0.6 is 0 Å². The average Bonchev–Trinajstić information content (AvgIpc) is 3.17. The Bertz CT molecular complexity index is 2250. The second-order valence-corrected chi connectivity index (χ2v) is 13.5. The third-order valence-electron chi connectivity index (χ3n) is 9.57. The molecule has 8 nitrogen and oxygen atoms in total. The predicted octanol–water partition coefficient (Wildman–Crippen LogP) is 9.37. The van der Waals surface area contributed by atoms with E-state index >= 15 is 0 Å². The number of hydrogen-bond donors (Lipinski definition) is 2. The highest BCUT2D eigenvalue weighted by Gasteiger charge is 2.36. The third kappa shape index (κ3) is 9.33. The molecule has 0 atom stereocenters. The van der Waals surface area contributed by atoms with Crippen LogP contribution in [0.15, 0.2) is 91.0 Å². The Morgan fingerprint density at radius 3 is 1.47 bits per heavy atom. The number of nitrogens with zero attached hydrogens (tertiary/aromatic N) is 6. The molecule has 4 aromatic carbocycles. The molecule has 6 aromatic rings. The minimum atomic E-state index is -2.65. The Hall–Kier alpha value is -5.73. The first-order chi connectivity index (χ1) is 26.4. The Balaban J connectivity index is 0.000000169. The van der Waals surface area contributed by atoms with E-state index in [1.165, 1.54) is 24.3 Å². The summed E-state index contributed by atoms with van der Waals surface area (Å²) in [4.78, 5) is 21.8. The van der Waals surface area contributed by atoms with Crippen molar-refractivity contribution in [2.75, 3.05) is 46.6 Å². The molecule has 0 aliphatic carbocycles. The van der Waals surface area contributed by atoms with Gasteiger partial charge in [0.05, 0.1) is 11.0 Å². The van der Waals surface area contributed by atoms with Crippen LogP contribution < -0.4 is 20.4 Å². The zero-order valence-corrected chi connectivity index (χ0v) is 29.6. The van der Waals surface area contributed by atoms with E-state index in [0.29, 0.717) is 29.6 Å². The lowest BCUT2D eigenvalue weighted by atomic mass is 10.1. The summed E-state index contributed by atoms with van der Waals surface area (Å²) >= 11 is 0. The second-order valence-electron chi connectivity index (χ2n) is 13.5. The Morgan fingerprint density at radius 2 is 0.982 bits per heavy atom. The van der Waals surface area contributed by atoms with Gasteiger partial charge in [0.1, 0.15) is 29.1 Å². The Labute approximate surface area is 312 Å². The van der Waals surface area contributed by atoms with Crippen molar-refractivity contribution in [2.45, 2.75) is 50.6 Å². The van der Waals surface area contributed by atoms with Crippen molar-refractivity contribution in [3.63, 3.8) is 0 Å². The van der Waals surface area contributed by atoms with Gasteiger partial charge in [-0.05, 0) is 48.0 Å². The van der Waals surface area contributed by atoms with Crippen LogP contribution in [-0.4, -0.2) is 58.0 Å². The first kappa shape index (κ1) is 37.6. The summed E-state index contributed by atoms with van der Waals surface area (Å²) in [6.07, 6.45) is -0.808. The van der Waals surface area contributed by atoms with Gasteiger partial charge in [-0.1, -0.05) is 42.5 Å². The normalized spacial score (nSPS) is 16.4. The Kier molecular flexibility index (Phi) is 10.9. The van der Waals surface area contributed by atoms with Crippen LogP contribution in [-0.2, 0) is 13.1 Å². The highest BCUT2D eigenvalue weighted by atomic mass is 19.3. The number of aromatic nitrogens is 4. The number of fused-ring (bicyclic) bond motifs is 2. The lowest BCUT2D eigenvalue weighted by Gasteiger charge is -2.33. The van der Waals surface area contributed by atoms with Crippen LogP contribution in [0.3, 0.4) is 0 Å². The SMILES string of the molecule is Fc1ccc(CNc2nc(N3CCC(F)(F)CC3)c3ccccc3n2)c(F)c1.Fc1ccc(CNc2nc(N3CCC(F)(F)CC3)c3ccccc3n2)cc1. The zero-order valence-electron chi connectivity index (χ0n) is 29.6. The van der Waals surface area contributed by atoms with Gasteiger partial charge in [0.15, 0.2) is 0 Å². The van der Waals surface area contributed by atoms with E-state index in [1.807, 2.05) is 58.3 Å². The maximum absolute atomic E-state index is 13.8. The van der Waals surface area contributed by atoms with Gasteiger partial charge in [0.2, 0.25) is 11.9 Å². The molecule has 2 N–H and O–H groups in total. The molecule has 0 spiro atoms. The molecule has 15 heteroatoms. The van der Waals surface area contributed by atoms with E-state index < -0.39 is 23.5 Å². The lowest BCUT2D eigenvalue weighted by Crippen LogP contribution is -2.40. The third-order valence-corrected chi connectivity index (χ3v) is 9.57. The van der Waals surface area contributed by atoms with E-state index in [9.17, 15) is 30.7 Å². The predicted molar refractivity (Wildman–Crippen MR) is 199 cm³/mol. The van der Waals surface area contributed by atoms with Crippen molar-refractivity contribution >= 4 is 45.3 Å². The monoisotopic (exact) mass is 762 g/mol. The number of halogens is 7. The smallest absolute Gasteiger partial charge is 0.251 e. The van der Waals surface area contributed by atoms with Gasteiger partial charge in [0, 0.05) is 87.4 Å². The number of rotatable bonds is 8. The molecule has 2 aliphatic rings. The minimum Gasteiger partial charge on any atom is -0.355 e. The molecule has 4 heterocycles. The molecule has 55 heavy (non-hydrogen) atoms. The quantitative estimate of drug-likeness (QED) is 0.149. The molecule has 8 rings (SSSR count). The van der Waals surface area contributed by atoms with Crippen molar-refractivity contribution < 1.29 is 30.7 Å². The van der Waals surface area contributed by atoms with Crippen molar-refractivity contribution in [1.29, 1.82) is 0 Å². The first-order valence-corrected chi connectivity index (χ1v) is 17.9. The molecule has 0 saturated carbocycles. The van der Waals surface area contributed by atoms with Crippen molar-refractivity contribution in [2.24, 2.45) is 0 Å². The van der Waals surface area contributed by atoms with Crippen molar-refractivity contribution in [3.8, 4) is 0 Å². The van der Waals surface area contributed by atoms with Gasteiger partial charge in [-0.3, -0.25) is 0 Å². The van der Waals surface area contributed by atoms with E-state index in [4.69, 9.17) is 0 Å². The average molecular weight is 763 g/mol. The molecule has 0 amide bonds. The van der Waals surface area contributed by atoms with E-state index in [0.717, 1.165) is 27.9 Å². The van der Waals surface area contributed by atoms with E-state index in [2.05, 4.69) is 30.6 Å². The fourth-order valence-electron chi connectivity index (χ4n) is 6.47. The standard InChI is InChI=1S/C20H18F4N4.C20H19F3N4/c21-14-6-5-13(16(22)11-14)12-25-19-26-17-4-2-1-3-15(17)18(27-19)28-9-7-20(23,24)8-10-28;21-15-7-5-14(6-8-15)13-24-19-25-17-4-2-1-3-16(17)18(26-19)27-11-9-20(22,23)10-12-27/h1-6,11H,7-10,12H2,(H,25,26,27);1-8H,9-13H2,(H,24,25,26). The second kappa shape index (κ2) is 15.9. The maximum Gasteiger partial charge on any atom is 0.251 e. The number of benzene rings is 4. The molecule has 286 valence electrons. The maximum atomic E-state index is 13.8. The molecule has 2 fully saturated rings. The fraction of sp³-hybridized carbons (Fsp3) is 0.300. The topological polar surface area (TPSA) is 82.1 Å². The fourth-order valence-corrected chi connectivity index (χ4v) is 6.47. The highest BCUT2D eigenvalue weighted by molar-refractivity contribution is 5.91. The zero-order chi connectivity index (χ0) is 38.6. The van der Waals surface area contributed by atoms with Gasteiger partial charge in [-0.2, -0.15) is 9.97 Å². The molecular weight excluding hydrogens is 725 g/mol. The largest absolute Gasteiger partial charge is 0.355 e. The molecule has 0 bridgehead atoms. The summed E-state index contributed by atoms with van der Waals surface area (Å²) in [7, 11) is 0. The number of hydrogen-bond acceptors (Lipinski definition) is 8. The van der Waals surface area contributed by atoms with Gasteiger partial charge >= 0.3 is 0 Å². The van der Waals surface area contributed by atoms with Gasteiger partial charge in [-0.15, -0.1) is 0 Å². The van der Waals surface area contributed by atoms with Crippen molar-refractivity contribution in [1.82, 2.24) is 19.9 Å². The number of alkyl halides is 4. The van der Waals surface area contributed by atoms with Gasteiger partial charge in [-0.25, -0.2) is 40.7 Å². The van der Waals surface area contributed by atoms with Crippen LogP contribution in [0, 0.1) is 17.5 Å². The van der Waals surface area contributed by atoms with Crippen molar-refractivity contribution in [3.05, 3.63) is 120 Å². The summed E-state index contributed by atoms with van der Waals surface area (Å²) in [6, 6.07) is 24.4. The molecule has 2 aromatic heterocycles. The summed E-state index contributed by atoms with van der Waals surface area (Å²) in [5, 5.41) is 7.71. The molecular formula is C40H37F7N8. The number of nitrogens with one attached hydrogen (secondary N) is 2. The molecule has 2 saturated heterocycles. The molecule has 0 unspecified atom stereocenters. The summed E-state index contributed by atoms with van der Waals surface area (Å²) in [5.74, 6) is -4.94. The van der Waals surface area contributed by atoms with E-state index in [-0.39, 0.29) is 75.7 Å². The van der Waals surface area contributed by atoms with Crippen LogP contribution in [0.5, 0.6) is 0 Å². The minimum absolute atomic E-state index is 0.0714. The number of piperidine rings is 2. The van der Waals surface area contributed by atoms with Gasteiger partial charge < -0.3 is 20.4 Å². The van der Waals surface area contributed by atoms with Gasteiger partial charge in [0.25, 0.3) is 11.8 Å². The van der Waals surface area contributed by atoms with Crippen LogP contribution in [0.2, 0.25) is 0 Å². The lowest BCUT2D eigenvalue weighted by molar-refractivity contribution is -0.0227. The summed E-state index contributed by atoms with van der Waals surface area (Å²) in [5.41, 5.74) is 2.58. The summed E-state index contributed by atoms with van der Waals surface area (Å²) < 4.78 is 94.0. The number of para-hydroxylation sites is 2. The highest BCUT2D eigenvalue weighted by Crippen LogP contribution is 2.35. The molecule has 2 aliphatic heterocycles. The van der Waals surface area contributed by atoms with Crippen LogP contribution in [0.4, 0.5) is 54.3 Å². The van der Waals surface area contributed by atoms with Crippen LogP contribution in [0.25, 0.3) is 21.8 Å². The molecule has 0 radical (unpaired) electrons. The van der Waals surface area contributed by atoms with Crippen LogP contribution in [0.1, 0.15) is 36.8 Å². The number of anilines is 4. The Morgan fingerprint density at radius 1 is 0.527 bits per heavy atom. The van der Waals surface area contributed by atoms with E-state index in [1.54, 1.807) is 12.1 Å². The summed E-state index contributed by atoms with van der Waals surface area (Å²) in [6.45, 7) is 1.41. The first-order valence-electron chi connectivity index (χ1n) is 17.9.